The topological polar surface area (TPSA) is 86.6 Å². The van der Waals surface area contributed by atoms with Crippen molar-refractivity contribution in [2.24, 2.45) is 0 Å². The van der Waals surface area contributed by atoms with E-state index in [1.165, 1.54) is 0 Å². The van der Waals surface area contributed by atoms with E-state index in [4.69, 9.17) is 9.79 Å². The van der Waals surface area contributed by atoms with Crippen LogP contribution in [0.3, 0.4) is 0 Å². The minimum atomic E-state index is -3.65. The SMILES string of the molecule is [O-]P([O-])(S)=[S+]C[S+]=P(O)(O)S. The van der Waals surface area contributed by atoms with Crippen LogP contribution in [0.5, 0.6) is 0 Å². The van der Waals surface area contributed by atoms with E-state index in [-0.39, 0.29) is 5.08 Å². The molecule has 0 rings (SSSR count). The third-order valence-corrected chi connectivity index (χ3v) is 7.95. The summed E-state index contributed by atoms with van der Waals surface area (Å²) in [6.07, 6.45) is 0. The van der Waals surface area contributed by atoms with E-state index in [0.717, 1.165) is 0 Å². The van der Waals surface area contributed by atoms with E-state index in [2.05, 4.69) is 24.5 Å². The summed E-state index contributed by atoms with van der Waals surface area (Å²) >= 11 is 6.70. The van der Waals surface area contributed by atoms with Crippen molar-refractivity contribution in [1.29, 1.82) is 0 Å². The number of rotatable bonds is 2. The fraction of sp³-hybridized carbons (Fsp3) is 1.00. The van der Waals surface area contributed by atoms with Crippen LogP contribution in [0.25, 0.3) is 0 Å². The van der Waals surface area contributed by atoms with Crippen LogP contribution < -0.4 is 9.79 Å². The molecule has 2 N–H and O–H groups in total. The first-order valence-corrected chi connectivity index (χ1v) is 10.9. The Bertz CT molecular complexity index is 184. The molecule has 0 bridgehead atoms. The molecule has 0 aromatic carbocycles. The molecule has 0 spiro atoms. The fourth-order valence-electron chi connectivity index (χ4n) is 0.161. The Kier molecular flexibility index (Phi) is 5.73. The van der Waals surface area contributed by atoms with Gasteiger partial charge in [0.25, 0.3) is 10.9 Å². The van der Waals surface area contributed by atoms with Gasteiger partial charge in [-0.3, -0.25) is 0 Å². The highest BCUT2D eigenvalue weighted by atomic mass is 32.9. The van der Waals surface area contributed by atoms with Crippen molar-refractivity contribution in [1.82, 2.24) is 0 Å². The number of hydrogen-bond acceptors (Lipinski definition) is 2. The maximum Gasteiger partial charge on any atom is 0.434 e. The molecule has 0 heterocycles. The molecular formula is CH6O4P2S4. The summed E-state index contributed by atoms with van der Waals surface area (Å²) in [6.45, 7) is 0. The van der Waals surface area contributed by atoms with E-state index in [1.54, 1.807) is 0 Å². The summed E-state index contributed by atoms with van der Waals surface area (Å²) in [4.78, 5) is 38.1. The Balaban J connectivity index is 4.15. The summed E-state index contributed by atoms with van der Waals surface area (Å²) in [5.74, 6) is 0. The summed E-state index contributed by atoms with van der Waals surface area (Å²) in [5, 5.41) is 0.0224. The summed E-state index contributed by atoms with van der Waals surface area (Å²) in [5.41, 5.74) is -6.86. The predicted octanol–water partition coefficient (Wildman–Crippen LogP) is -0.971. The van der Waals surface area contributed by atoms with E-state index in [9.17, 15) is 9.79 Å². The third-order valence-electron chi connectivity index (χ3n) is 0.442. The molecule has 0 aromatic rings. The van der Waals surface area contributed by atoms with Gasteiger partial charge in [-0.2, -0.15) is 0 Å². The third kappa shape index (κ3) is 11.8. The molecule has 10 heteroatoms. The zero-order chi connectivity index (χ0) is 9.12. The zero-order valence-corrected chi connectivity index (χ0v) is 10.2. The molecule has 0 saturated carbocycles. The van der Waals surface area contributed by atoms with Crippen molar-refractivity contribution in [2.75, 3.05) is 5.08 Å². The van der Waals surface area contributed by atoms with Gasteiger partial charge in [0.15, 0.2) is 10.9 Å². The van der Waals surface area contributed by atoms with Crippen LogP contribution in [0.4, 0.5) is 0 Å². The second kappa shape index (κ2) is 4.91. The summed E-state index contributed by atoms with van der Waals surface area (Å²) in [6, 6.07) is 0. The average molecular weight is 272 g/mol. The van der Waals surface area contributed by atoms with Crippen molar-refractivity contribution in [3.63, 3.8) is 0 Å². The smallest absolute Gasteiger partial charge is 0.434 e. The van der Waals surface area contributed by atoms with Gasteiger partial charge in [-0.05, 0) is 12.2 Å². The van der Waals surface area contributed by atoms with Gasteiger partial charge >= 0.3 is 10.8 Å². The molecular weight excluding hydrogens is 266 g/mol. The molecule has 0 radical (unpaired) electrons. The summed E-state index contributed by atoms with van der Waals surface area (Å²) < 4.78 is 0. The Labute approximate surface area is 82.2 Å². The molecule has 0 fully saturated rings. The van der Waals surface area contributed by atoms with E-state index < -0.39 is 11.4 Å². The largest absolute Gasteiger partial charge is 0.789 e. The van der Waals surface area contributed by atoms with Crippen LogP contribution in [-0.2, 0) is 21.9 Å². The van der Waals surface area contributed by atoms with Gasteiger partial charge in [-0.15, -0.1) is 12.2 Å². The van der Waals surface area contributed by atoms with Crippen LogP contribution in [0.2, 0.25) is 0 Å². The van der Waals surface area contributed by atoms with Crippen LogP contribution in [0.1, 0.15) is 0 Å². The Morgan fingerprint density at radius 3 is 1.91 bits per heavy atom. The average Bonchev–Trinajstić information content (AvgIpc) is 1.55. The lowest BCUT2D eigenvalue weighted by Crippen LogP contribution is -2.09. The highest BCUT2D eigenvalue weighted by molar-refractivity contribution is 8.65. The molecule has 0 saturated heterocycles. The van der Waals surface area contributed by atoms with Gasteiger partial charge in [-0.1, -0.05) is 0 Å². The Morgan fingerprint density at radius 2 is 1.64 bits per heavy atom. The van der Waals surface area contributed by atoms with Crippen LogP contribution in [0.15, 0.2) is 0 Å². The lowest BCUT2D eigenvalue weighted by atomic mass is 11.9. The lowest BCUT2D eigenvalue weighted by Gasteiger charge is -2.16. The van der Waals surface area contributed by atoms with Gasteiger partial charge in [0.2, 0.25) is 0 Å². The standard InChI is InChI=1S/CH6O4P2S4/c2-6(3,8)10-1-11-7(4,5)9/h1H2,(H4-2,2,3,4,5,8,9). The van der Waals surface area contributed by atoms with Gasteiger partial charge in [0, 0.05) is 5.69 Å². The van der Waals surface area contributed by atoms with Crippen molar-refractivity contribution < 1.29 is 19.6 Å². The highest BCUT2D eigenvalue weighted by Gasteiger charge is 2.19. The first kappa shape index (κ1) is 12.8. The Morgan fingerprint density at radius 1 is 1.18 bits per heavy atom. The quantitative estimate of drug-likeness (QED) is 0.225. The molecule has 0 aliphatic heterocycles. The van der Waals surface area contributed by atoms with E-state index >= 15 is 0 Å². The predicted molar refractivity (Wildman–Crippen MR) is 55.8 cm³/mol. The van der Waals surface area contributed by atoms with Gasteiger partial charge < -0.3 is 19.6 Å². The molecule has 68 valence electrons. The summed E-state index contributed by atoms with van der Waals surface area (Å²) in [7, 11) is 1.24. The maximum absolute atomic E-state index is 10.4. The molecule has 0 unspecified atom stereocenters. The van der Waals surface area contributed by atoms with Gasteiger partial charge in [-0.25, -0.2) is 0 Å². The normalized spacial score (nSPS) is 12.9. The minimum Gasteiger partial charge on any atom is -0.789 e. The van der Waals surface area contributed by atoms with Crippen molar-refractivity contribution >= 4 is 57.8 Å². The number of thiol groups is 2. The van der Waals surface area contributed by atoms with Crippen molar-refractivity contribution in [3.8, 4) is 0 Å². The molecule has 0 aromatic heterocycles. The second-order valence-corrected chi connectivity index (χ2v) is 14.2. The highest BCUT2D eigenvalue weighted by Crippen LogP contribution is 2.43. The van der Waals surface area contributed by atoms with E-state index in [0.29, 0.717) is 21.9 Å². The lowest BCUT2D eigenvalue weighted by molar-refractivity contribution is -0.284. The molecule has 0 aliphatic carbocycles. The number of hydrogen-bond donors (Lipinski definition) is 4. The monoisotopic (exact) mass is 272 g/mol. The first-order valence-electron chi connectivity index (χ1n) is 2.11. The fourth-order valence-corrected chi connectivity index (χ4v) is 8.16. The second-order valence-electron chi connectivity index (χ2n) is 1.36. The molecule has 0 aliphatic rings. The van der Waals surface area contributed by atoms with Crippen molar-refractivity contribution in [2.45, 2.75) is 0 Å². The molecule has 0 amide bonds. The molecule has 0 atom stereocenters. The van der Waals surface area contributed by atoms with Gasteiger partial charge in [0.1, 0.15) is 0 Å². The molecule has 11 heavy (non-hydrogen) atoms. The van der Waals surface area contributed by atoms with Crippen LogP contribution >= 0.6 is 35.9 Å². The molecule has 4 nitrogen and oxygen atoms in total. The first-order chi connectivity index (χ1) is 4.71. The van der Waals surface area contributed by atoms with Crippen molar-refractivity contribution in [3.05, 3.63) is 0 Å². The maximum atomic E-state index is 10.4. The zero-order valence-electron chi connectivity index (χ0n) is 5.02. The van der Waals surface area contributed by atoms with Crippen LogP contribution in [-0.4, -0.2) is 14.9 Å². The van der Waals surface area contributed by atoms with Crippen LogP contribution in [0, 0.1) is 0 Å². The Hall–Kier alpha value is 1.84. The van der Waals surface area contributed by atoms with E-state index in [1.807, 2.05) is 0 Å². The minimum absolute atomic E-state index is 0.0224. The van der Waals surface area contributed by atoms with Gasteiger partial charge in [0.05, 0.1) is 0 Å².